The molecule has 0 unspecified atom stereocenters. The highest BCUT2D eigenvalue weighted by Crippen LogP contribution is 2.37. The minimum absolute atomic E-state index is 0.0403. The average molecular weight is 328 g/mol. The first-order chi connectivity index (χ1) is 9.56. The SMILES string of the molecule is O=S(=O)(Nc1ccnc(Cl)n1)c1cccc2c1N=S=N2. The molecule has 10 heteroatoms. The van der Waals surface area contributed by atoms with Crippen LogP contribution < -0.4 is 4.72 Å². The molecule has 0 amide bonds. The van der Waals surface area contributed by atoms with Crippen molar-refractivity contribution in [3.63, 3.8) is 0 Å². The molecule has 2 heterocycles. The van der Waals surface area contributed by atoms with Crippen LogP contribution >= 0.6 is 11.6 Å². The van der Waals surface area contributed by atoms with E-state index in [4.69, 9.17) is 11.6 Å². The van der Waals surface area contributed by atoms with Crippen molar-refractivity contribution in [3.8, 4) is 0 Å². The molecule has 0 saturated carbocycles. The van der Waals surface area contributed by atoms with Gasteiger partial charge in [-0.15, -0.1) is 0 Å². The minimum atomic E-state index is -3.82. The Morgan fingerprint density at radius 2 is 2.05 bits per heavy atom. The van der Waals surface area contributed by atoms with E-state index in [9.17, 15) is 8.42 Å². The van der Waals surface area contributed by atoms with Gasteiger partial charge in [0.15, 0.2) is 0 Å². The topological polar surface area (TPSA) is 96.7 Å². The van der Waals surface area contributed by atoms with Gasteiger partial charge < -0.3 is 0 Å². The van der Waals surface area contributed by atoms with Gasteiger partial charge in [-0.2, -0.15) is 13.7 Å². The van der Waals surface area contributed by atoms with E-state index in [0.717, 1.165) is 11.4 Å². The first-order valence-corrected chi connectivity index (χ1v) is 7.88. The fourth-order valence-electron chi connectivity index (χ4n) is 1.58. The van der Waals surface area contributed by atoms with Crippen LogP contribution in [0.15, 0.2) is 44.1 Å². The number of rotatable bonds is 3. The summed E-state index contributed by atoms with van der Waals surface area (Å²) in [5.41, 5.74) is 0.851. The van der Waals surface area contributed by atoms with Crippen LogP contribution in [-0.4, -0.2) is 18.4 Å². The molecule has 20 heavy (non-hydrogen) atoms. The molecule has 0 fully saturated rings. The normalized spacial score (nSPS) is 12.8. The third-order valence-electron chi connectivity index (χ3n) is 2.40. The molecule has 1 N–H and O–H groups in total. The Morgan fingerprint density at radius 1 is 1.20 bits per heavy atom. The second-order valence-electron chi connectivity index (χ2n) is 3.70. The molecule has 2 aromatic rings. The van der Waals surface area contributed by atoms with Gasteiger partial charge in [0.25, 0.3) is 10.0 Å². The van der Waals surface area contributed by atoms with E-state index in [1.165, 1.54) is 18.3 Å². The van der Waals surface area contributed by atoms with Gasteiger partial charge in [0.1, 0.15) is 22.1 Å². The van der Waals surface area contributed by atoms with Gasteiger partial charge in [0.05, 0.1) is 11.4 Å². The highest BCUT2D eigenvalue weighted by molar-refractivity contribution is 7.93. The lowest BCUT2D eigenvalue weighted by Gasteiger charge is -2.08. The number of benzene rings is 1. The molecule has 0 saturated heterocycles. The van der Waals surface area contributed by atoms with Crippen LogP contribution in [0.3, 0.4) is 0 Å². The Kier molecular flexibility index (Phi) is 3.24. The Balaban J connectivity index is 2.02. The number of sulfonamides is 1. The van der Waals surface area contributed by atoms with Crippen molar-refractivity contribution in [1.82, 2.24) is 9.97 Å². The van der Waals surface area contributed by atoms with E-state index < -0.39 is 10.0 Å². The maximum absolute atomic E-state index is 12.3. The quantitative estimate of drug-likeness (QED) is 0.748. The highest BCUT2D eigenvalue weighted by Gasteiger charge is 2.22. The van der Waals surface area contributed by atoms with E-state index in [2.05, 4.69) is 23.4 Å². The minimum Gasteiger partial charge on any atom is -0.263 e. The smallest absolute Gasteiger partial charge is 0.263 e. The zero-order chi connectivity index (χ0) is 14.2. The lowest BCUT2D eigenvalue weighted by atomic mass is 10.3. The lowest BCUT2D eigenvalue weighted by Crippen LogP contribution is -2.14. The van der Waals surface area contributed by atoms with Crippen molar-refractivity contribution in [2.24, 2.45) is 8.73 Å². The zero-order valence-electron chi connectivity index (χ0n) is 9.69. The number of halogens is 1. The van der Waals surface area contributed by atoms with Crippen LogP contribution in [0.2, 0.25) is 5.28 Å². The van der Waals surface area contributed by atoms with Crippen molar-refractivity contribution in [3.05, 3.63) is 35.7 Å². The Bertz CT molecular complexity index is 862. The van der Waals surface area contributed by atoms with Crippen LogP contribution in [0.25, 0.3) is 0 Å². The predicted octanol–water partition coefficient (Wildman–Crippen LogP) is 2.66. The van der Waals surface area contributed by atoms with Gasteiger partial charge in [0.2, 0.25) is 5.28 Å². The molecule has 1 aliphatic heterocycles. The molecular formula is C10H6ClN5O2S2. The van der Waals surface area contributed by atoms with Gasteiger partial charge in [-0.3, -0.25) is 4.72 Å². The standard InChI is InChI=1S/C10H6ClN5O2S2/c11-10-12-5-4-8(13-10)16-20(17,18)7-3-1-2-6-9(7)15-19-14-6/h1-5H,(H,12,13,16). The third-order valence-corrected chi connectivity index (χ3v) is 4.51. The summed E-state index contributed by atoms with van der Waals surface area (Å²) in [5, 5.41) is -0.0428. The number of anilines is 1. The van der Waals surface area contributed by atoms with Gasteiger partial charge in [0, 0.05) is 6.20 Å². The molecule has 0 radical (unpaired) electrons. The molecule has 7 nitrogen and oxygen atoms in total. The summed E-state index contributed by atoms with van der Waals surface area (Å²) in [7, 11) is -3.82. The summed E-state index contributed by atoms with van der Waals surface area (Å²) in [6, 6.07) is 6.16. The Hall–Kier alpha value is -1.84. The highest BCUT2D eigenvalue weighted by atomic mass is 35.5. The molecule has 102 valence electrons. The van der Waals surface area contributed by atoms with Crippen molar-refractivity contribution >= 4 is 50.2 Å². The van der Waals surface area contributed by atoms with Crippen molar-refractivity contribution in [1.29, 1.82) is 0 Å². The number of nitrogens with zero attached hydrogens (tertiary/aromatic N) is 4. The third kappa shape index (κ3) is 2.42. The van der Waals surface area contributed by atoms with E-state index in [1.807, 2.05) is 0 Å². The maximum Gasteiger partial charge on any atom is 0.265 e. The number of fused-ring (bicyclic) bond motifs is 1. The van der Waals surface area contributed by atoms with E-state index in [0.29, 0.717) is 11.4 Å². The van der Waals surface area contributed by atoms with Gasteiger partial charge in [-0.25, -0.2) is 13.4 Å². The van der Waals surface area contributed by atoms with Gasteiger partial charge in [-0.05, 0) is 29.8 Å². The summed E-state index contributed by atoms with van der Waals surface area (Å²) in [6.45, 7) is 0. The molecule has 0 aliphatic carbocycles. The molecule has 0 atom stereocenters. The Labute approximate surface area is 123 Å². The first-order valence-electron chi connectivity index (χ1n) is 5.29. The fourth-order valence-corrected chi connectivity index (χ4v) is 3.50. The average Bonchev–Trinajstić information content (AvgIpc) is 2.85. The molecular weight excluding hydrogens is 322 g/mol. The molecule has 1 aliphatic rings. The maximum atomic E-state index is 12.3. The number of hydrogen-bond donors (Lipinski definition) is 1. The summed E-state index contributed by atoms with van der Waals surface area (Å²) >= 11 is 6.57. The number of hydrogen-bond acceptors (Lipinski definition) is 6. The summed E-state index contributed by atoms with van der Waals surface area (Å²) < 4.78 is 35.0. The fraction of sp³-hybridized carbons (Fsp3) is 0. The van der Waals surface area contributed by atoms with Gasteiger partial charge >= 0.3 is 0 Å². The van der Waals surface area contributed by atoms with E-state index in [-0.39, 0.29) is 16.0 Å². The first kappa shape index (κ1) is 13.2. The van der Waals surface area contributed by atoms with Crippen molar-refractivity contribution < 1.29 is 8.42 Å². The summed E-state index contributed by atoms with van der Waals surface area (Å²) in [5.74, 6) is 0.0881. The molecule has 0 spiro atoms. The Morgan fingerprint density at radius 3 is 2.85 bits per heavy atom. The number of nitrogens with one attached hydrogen (secondary N) is 1. The second kappa shape index (κ2) is 4.93. The van der Waals surface area contributed by atoms with Crippen LogP contribution in [0.4, 0.5) is 17.2 Å². The van der Waals surface area contributed by atoms with Crippen molar-refractivity contribution in [2.45, 2.75) is 4.90 Å². The second-order valence-corrected chi connectivity index (χ2v) is 6.22. The summed E-state index contributed by atoms with van der Waals surface area (Å²) in [6.07, 6.45) is 1.36. The van der Waals surface area contributed by atoms with Crippen LogP contribution in [0.5, 0.6) is 0 Å². The zero-order valence-corrected chi connectivity index (χ0v) is 12.1. The molecule has 1 aromatic carbocycles. The lowest BCUT2D eigenvalue weighted by molar-refractivity contribution is 0.601. The predicted molar refractivity (Wildman–Crippen MR) is 75.8 cm³/mol. The van der Waals surface area contributed by atoms with Crippen LogP contribution in [0.1, 0.15) is 0 Å². The molecule has 3 rings (SSSR count). The number of aromatic nitrogens is 2. The molecule has 1 aromatic heterocycles. The van der Waals surface area contributed by atoms with Gasteiger partial charge in [-0.1, -0.05) is 6.07 Å². The van der Waals surface area contributed by atoms with Crippen molar-refractivity contribution in [2.75, 3.05) is 4.72 Å². The van der Waals surface area contributed by atoms with E-state index >= 15 is 0 Å². The van der Waals surface area contributed by atoms with E-state index in [1.54, 1.807) is 12.1 Å². The molecule has 0 bridgehead atoms. The van der Waals surface area contributed by atoms with Crippen LogP contribution in [0, 0.1) is 0 Å². The monoisotopic (exact) mass is 327 g/mol. The van der Waals surface area contributed by atoms with Crippen LogP contribution in [-0.2, 0) is 21.4 Å². The summed E-state index contributed by atoms with van der Waals surface area (Å²) in [4.78, 5) is 7.51. The largest absolute Gasteiger partial charge is 0.265 e.